The molecule has 0 fully saturated rings. The molecule has 0 radical (unpaired) electrons. The number of primary sulfonamides is 1. The van der Waals surface area contributed by atoms with Gasteiger partial charge < -0.3 is 5.32 Å². The van der Waals surface area contributed by atoms with E-state index in [1.54, 1.807) is 12.1 Å². The van der Waals surface area contributed by atoms with Crippen molar-refractivity contribution in [2.45, 2.75) is 16.7 Å². The molecule has 1 unspecified atom stereocenters. The van der Waals surface area contributed by atoms with Gasteiger partial charge in [-0.2, -0.15) is 0 Å². The molecular formula is C23H21N3O5S3. The number of hydrogen-bond acceptors (Lipinski definition) is 7. The van der Waals surface area contributed by atoms with E-state index in [2.05, 4.69) is 10.3 Å². The summed E-state index contributed by atoms with van der Waals surface area (Å²) in [5, 5.41) is 6.39. The zero-order valence-corrected chi connectivity index (χ0v) is 20.5. The van der Waals surface area contributed by atoms with Crippen LogP contribution < -0.4 is 10.5 Å². The fourth-order valence-electron chi connectivity index (χ4n) is 3.47. The summed E-state index contributed by atoms with van der Waals surface area (Å²) in [6.07, 6.45) is 0.986. The first-order chi connectivity index (χ1) is 16.0. The molecular weight excluding hydrogens is 494 g/mol. The van der Waals surface area contributed by atoms with Crippen LogP contribution >= 0.6 is 11.3 Å². The number of benzene rings is 3. The first-order valence-corrected chi connectivity index (χ1v) is 14.4. The second-order valence-corrected chi connectivity index (χ2v) is 12.5. The topological polar surface area (TPSA) is 136 Å². The Bertz CT molecular complexity index is 1580. The van der Waals surface area contributed by atoms with Gasteiger partial charge in [-0.15, -0.1) is 11.3 Å². The summed E-state index contributed by atoms with van der Waals surface area (Å²) in [5.41, 5.74) is 3.03. The molecule has 4 rings (SSSR count). The van der Waals surface area contributed by atoms with E-state index in [0.29, 0.717) is 11.1 Å². The first kappa shape index (κ1) is 24.0. The van der Waals surface area contributed by atoms with Gasteiger partial charge in [0.15, 0.2) is 15.1 Å². The van der Waals surface area contributed by atoms with Gasteiger partial charge in [0.2, 0.25) is 15.9 Å². The van der Waals surface area contributed by atoms with Gasteiger partial charge in [-0.05, 0) is 41.0 Å². The molecule has 3 N–H and O–H groups in total. The highest BCUT2D eigenvalue weighted by molar-refractivity contribution is 7.91. The summed E-state index contributed by atoms with van der Waals surface area (Å²) >= 11 is 1.15. The smallest absolute Gasteiger partial charge is 0.245 e. The van der Waals surface area contributed by atoms with Crippen molar-refractivity contribution in [1.29, 1.82) is 0 Å². The Kier molecular flexibility index (Phi) is 6.54. The zero-order chi connectivity index (χ0) is 24.5. The molecule has 1 amide bonds. The van der Waals surface area contributed by atoms with Crippen LogP contribution in [-0.2, 0) is 31.2 Å². The molecule has 0 aliphatic carbocycles. The number of carbonyl (C=O) groups is 1. The minimum absolute atomic E-state index is 0.0722. The predicted octanol–water partition coefficient (Wildman–Crippen LogP) is 3.01. The summed E-state index contributed by atoms with van der Waals surface area (Å²) in [7, 11) is -7.74. The van der Waals surface area contributed by atoms with Crippen molar-refractivity contribution in [3.8, 4) is 11.1 Å². The molecule has 1 atom stereocenters. The van der Waals surface area contributed by atoms with Crippen LogP contribution in [0.2, 0.25) is 0 Å². The van der Waals surface area contributed by atoms with Crippen LogP contribution in [0, 0.1) is 0 Å². The highest BCUT2D eigenvalue weighted by Crippen LogP contribution is 2.33. The number of nitrogens with one attached hydrogen (secondary N) is 1. The number of nitrogens with zero attached hydrogens (tertiary/aromatic N) is 1. The van der Waals surface area contributed by atoms with E-state index >= 15 is 0 Å². The second kappa shape index (κ2) is 9.26. The quantitative estimate of drug-likeness (QED) is 0.388. The molecule has 0 saturated carbocycles. The lowest BCUT2D eigenvalue weighted by Crippen LogP contribution is -2.33. The van der Waals surface area contributed by atoms with Crippen LogP contribution in [-0.4, -0.2) is 34.0 Å². The molecule has 0 aliphatic heterocycles. The minimum Gasteiger partial charge on any atom is -0.351 e. The number of fused-ring (bicyclic) bond motifs is 1. The number of rotatable bonds is 7. The number of nitrogens with two attached hydrogens (primary N) is 1. The molecule has 0 saturated heterocycles. The molecule has 1 aromatic heterocycles. The van der Waals surface area contributed by atoms with E-state index in [9.17, 15) is 21.6 Å². The summed E-state index contributed by atoms with van der Waals surface area (Å²) in [6, 6.07) is 21.1. The maximum atomic E-state index is 12.9. The molecule has 4 aromatic rings. The maximum absolute atomic E-state index is 12.9. The Morgan fingerprint density at radius 2 is 1.71 bits per heavy atom. The number of sulfonamides is 1. The summed E-state index contributed by atoms with van der Waals surface area (Å²) in [6.45, 7) is -0.0722. The fourth-order valence-corrected chi connectivity index (χ4v) is 6.60. The number of amides is 1. The average molecular weight is 516 g/mol. The summed E-state index contributed by atoms with van der Waals surface area (Å²) in [5.74, 6) is -0.745. The average Bonchev–Trinajstić information content (AvgIpc) is 3.19. The second-order valence-electron chi connectivity index (χ2n) is 7.72. The van der Waals surface area contributed by atoms with E-state index < -0.39 is 31.0 Å². The van der Waals surface area contributed by atoms with Gasteiger partial charge in [0.05, 0.1) is 15.1 Å². The highest BCUT2D eigenvalue weighted by atomic mass is 32.2. The van der Waals surface area contributed by atoms with Crippen LogP contribution in [0.15, 0.2) is 77.7 Å². The zero-order valence-electron chi connectivity index (χ0n) is 18.0. The van der Waals surface area contributed by atoms with Crippen molar-refractivity contribution in [2.75, 3.05) is 6.26 Å². The Morgan fingerprint density at radius 1 is 0.971 bits per heavy atom. The molecule has 176 valence electrons. The molecule has 0 bridgehead atoms. The van der Waals surface area contributed by atoms with Crippen molar-refractivity contribution in [3.63, 3.8) is 0 Å². The minimum atomic E-state index is -3.90. The van der Waals surface area contributed by atoms with Crippen molar-refractivity contribution in [2.24, 2.45) is 5.14 Å². The molecule has 3 aromatic carbocycles. The van der Waals surface area contributed by atoms with Gasteiger partial charge >= 0.3 is 0 Å². The van der Waals surface area contributed by atoms with Gasteiger partial charge in [-0.25, -0.2) is 27.0 Å². The lowest BCUT2D eigenvalue weighted by Gasteiger charge is -2.13. The van der Waals surface area contributed by atoms with Crippen molar-refractivity contribution in [1.82, 2.24) is 10.3 Å². The Morgan fingerprint density at radius 3 is 2.38 bits per heavy atom. The number of aromatic nitrogens is 1. The van der Waals surface area contributed by atoms with Crippen molar-refractivity contribution >= 4 is 47.3 Å². The predicted molar refractivity (Wildman–Crippen MR) is 132 cm³/mol. The molecule has 0 spiro atoms. The van der Waals surface area contributed by atoms with Crippen LogP contribution in [0.1, 0.15) is 15.8 Å². The monoisotopic (exact) mass is 515 g/mol. The summed E-state index contributed by atoms with van der Waals surface area (Å²) < 4.78 is 49.0. The number of carbonyl (C=O) groups excluding carboxylic acids is 1. The van der Waals surface area contributed by atoms with Crippen LogP contribution in [0.3, 0.4) is 0 Å². The van der Waals surface area contributed by atoms with Crippen LogP contribution in [0.5, 0.6) is 0 Å². The van der Waals surface area contributed by atoms with E-state index in [4.69, 9.17) is 5.14 Å². The largest absolute Gasteiger partial charge is 0.351 e. The number of thiazole rings is 1. The van der Waals surface area contributed by atoms with Gasteiger partial charge in [-0.1, -0.05) is 48.5 Å². The molecule has 0 aliphatic rings. The molecule has 34 heavy (non-hydrogen) atoms. The third-order valence-corrected chi connectivity index (χ3v) is 8.53. The lowest BCUT2D eigenvalue weighted by molar-refractivity contribution is -0.120. The standard InChI is InChI=1S/C23H21N3O5S3/c1-33(28,29)21(22(27)25-14-15-6-5-9-18(12-15)34(24,30)31)23-26-19-11-10-17(13-20(19)32-23)16-7-3-2-4-8-16/h2-13,21H,14H2,1H3,(H,25,27)(H2,24,30,31). The highest BCUT2D eigenvalue weighted by Gasteiger charge is 2.33. The molecule has 8 nitrogen and oxygen atoms in total. The van der Waals surface area contributed by atoms with E-state index in [1.165, 1.54) is 18.2 Å². The Balaban J connectivity index is 1.61. The van der Waals surface area contributed by atoms with Crippen LogP contribution in [0.4, 0.5) is 0 Å². The number of sulfone groups is 1. The van der Waals surface area contributed by atoms with Gasteiger partial charge in [0.25, 0.3) is 0 Å². The normalized spacial score (nSPS) is 13.0. The Labute approximate surface area is 201 Å². The van der Waals surface area contributed by atoms with Gasteiger partial charge in [0.1, 0.15) is 5.01 Å². The first-order valence-electron chi connectivity index (χ1n) is 10.1. The van der Waals surface area contributed by atoms with E-state index in [-0.39, 0.29) is 16.4 Å². The third kappa shape index (κ3) is 5.33. The molecule has 1 heterocycles. The SMILES string of the molecule is CS(=O)(=O)C(C(=O)NCc1cccc(S(N)(=O)=O)c1)c1nc2ccc(-c3ccccc3)cc2s1. The van der Waals surface area contributed by atoms with Crippen molar-refractivity contribution in [3.05, 3.63) is 83.4 Å². The third-order valence-electron chi connectivity index (χ3n) is 5.10. The Hall–Kier alpha value is -3.12. The molecule has 11 heteroatoms. The maximum Gasteiger partial charge on any atom is 0.245 e. The lowest BCUT2D eigenvalue weighted by atomic mass is 10.1. The van der Waals surface area contributed by atoms with E-state index in [1.807, 2.05) is 42.5 Å². The number of hydrogen-bond donors (Lipinski definition) is 2. The fraction of sp³-hybridized carbons (Fsp3) is 0.130. The van der Waals surface area contributed by atoms with Crippen molar-refractivity contribution < 1.29 is 21.6 Å². The van der Waals surface area contributed by atoms with Gasteiger partial charge in [0, 0.05) is 12.8 Å². The van der Waals surface area contributed by atoms with Gasteiger partial charge in [-0.3, -0.25) is 4.79 Å². The van der Waals surface area contributed by atoms with E-state index in [0.717, 1.165) is 33.4 Å². The van der Waals surface area contributed by atoms with Crippen LogP contribution in [0.25, 0.3) is 21.3 Å². The summed E-state index contributed by atoms with van der Waals surface area (Å²) in [4.78, 5) is 17.3.